The predicted octanol–water partition coefficient (Wildman–Crippen LogP) is 6.03. The summed E-state index contributed by atoms with van der Waals surface area (Å²) in [5.74, 6) is 0.835. The second-order valence-corrected chi connectivity index (χ2v) is 9.88. The summed E-state index contributed by atoms with van der Waals surface area (Å²) >= 11 is 0.294. The first-order valence-corrected chi connectivity index (χ1v) is 13.6. The average molecular weight is 547 g/mol. The summed E-state index contributed by atoms with van der Waals surface area (Å²) in [6.45, 7) is 0. The third kappa shape index (κ3) is 4.63. The molecule has 0 radical (unpaired) electrons. The van der Waals surface area contributed by atoms with E-state index in [1.54, 1.807) is 24.3 Å². The van der Waals surface area contributed by atoms with Crippen LogP contribution in [0.1, 0.15) is 0 Å². The van der Waals surface area contributed by atoms with Gasteiger partial charge in [-0.1, -0.05) is 0 Å². The van der Waals surface area contributed by atoms with Crippen LogP contribution in [0, 0.1) is 17.5 Å². The van der Waals surface area contributed by atoms with Gasteiger partial charge in [0, 0.05) is 0 Å². The van der Waals surface area contributed by atoms with E-state index in [9.17, 15) is 18.0 Å². The molecule has 178 valence electrons. The van der Waals surface area contributed by atoms with Gasteiger partial charge in [0.1, 0.15) is 0 Å². The molecule has 0 aliphatic heterocycles. The topological polar surface area (TPSA) is 34.9 Å². The Labute approximate surface area is 212 Å². The van der Waals surface area contributed by atoms with E-state index < -0.39 is 23.0 Å². The fourth-order valence-corrected chi connectivity index (χ4v) is 4.87. The van der Waals surface area contributed by atoms with E-state index in [0.717, 1.165) is 5.56 Å². The molecule has 3 nitrogen and oxygen atoms in total. The second kappa shape index (κ2) is 9.97. The zero-order chi connectivity index (χ0) is 25.2. The van der Waals surface area contributed by atoms with Crippen LogP contribution in [-0.4, -0.2) is 24.7 Å². The molecule has 4 aromatic carbocycles. The van der Waals surface area contributed by atoms with Gasteiger partial charge >= 0.3 is 208 Å². The van der Waals surface area contributed by atoms with Crippen molar-refractivity contribution in [2.75, 3.05) is 0 Å². The van der Waals surface area contributed by atoms with E-state index in [-0.39, 0.29) is 0 Å². The molecule has 0 saturated heterocycles. The van der Waals surface area contributed by atoms with Crippen LogP contribution in [0.2, 0.25) is 5.82 Å². The van der Waals surface area contributed by atoms with Gasteiger partial charge in [-0.3, -0.25) is 0 Å². The zero-order valence-electron chi connectivity index (χ0n) is 19.1. The molecular weight excluding hydrogens is 528 g/mol. The van der Waals surface area contributed by atoms with Crippen molar-refractivity contribution >= 4 is 19.4 Å². The van der Waals surface area contributed by atoms with E-state index in [4.69, 9.17) is 0 Å². The van der Waals surface area contributed by atoms with Gasteiger partial charge < -0.3 is 0 Å². The summed E-state index contributed by atoms with van der Waals surface area (Å²) in [6, 6.07) is 24.8. The van der Waals surface area contributed by atoms with Crippen LogP contribution < -0.4 is 10.0 Å². The Kier molecular flexibility index (Phi) is 6.59. The molecule has 0 fully saturated rings. The molecule has 0 amide bonds. The minimum absolute atomic E-state index is 0.294. The van der Waals surface area contributed by atoms with Crippen molar-refractivity contribution in [1.82, 2.24) is 9.78 Å². The molecule has 0 bridgehead atoms. The minimum atomic E-state index is -0.446. The van der Waals surface area contributed by atoms with Crippen molar-refractivity contribution in [3.63, 3.8) is 0 Å². The molecule has 5 aromatic rings. The van der Waals surface area contributed by atoms with Gasteiger partial charge in [-0.2, -0.15) is 0 Å². The third-order valence-electron chi connectivity index (χ3n) is 5.79. The number of nitrogens with zero attached hydrogens (tertiary/aromatic N) is 2. The van der Waals surface area contributed by atoms with Gasteiger partial charge in [0.25, 0.3) is 0 Å². The standard InChI is InChI=1S/C29H19F3N2OSe/c1-36-25-16-6-18(7-17-25)26-27(19-2-8-21(30)9-3-19)29(35)34(24-14-12-23(32)13-15-24)33-28(26)20-4-10-22(31)11-5-20/h2-17H,1H3. The van der Waals surface area contributed by atoms with Crippen molar-refractivity contribution in [1.29, 1.82) is 0 Å². The normalized spacial score (nSPS) is 11.0. The summed E-state index contributed by atoms with van der Waals surface area (Å²) in [7, 11) is 0. The van der Waals surface area contributed by atoms with Gasteiger partial charge in [-0.05, 0) is 0 Å². The van der Waals surface area contributed by atoms with E-state index in [1.165, 1.54) is 57.7 Å². The van der Waals surface area contributed by atoms with Crippen LogP contribution in [0.4, 0.5) is 13.2 Å². The summed E-state index contributed by atoms with van der Waals surface area (Å²) in [4.78, 5) is 14.0. The van der Waals surface area contributed by atoms with Crippen LogP contribution in [0.25, 0.3) is 39.2 Å². The van der Waals surface area contributed by atoms with Crippen LogP contribution in [0.5, 0.6) is 0 Å². The van der Waals surface area contributed by atoms with Crippen molar-refractivity contribution in [3.05, 3.63) is 125 Å². The molecule has 36 heavy (non-hydrogen) atoms. The summed E-state index contributed by atoms with van der Waals surface area (Å²) in [5.41, 5.74) is 3.05. The van der Waals surface area contributed by atoms with E-state index in [1.807, 2.05) is 24.3 Å². The van der Waals surface area contributed by atoms with Gasteiger partial charge in [-0.25, -0.2) is 4.39 Å². The summed E-state index contributed by atoms with van der Waals surface area (Å²) in [5, 5.41) is 4.68. The third-order valence-corrected chi connectivity index (χ3v) is 7.35. The zero-order valence-corrected chi connectivity index (χ0v) is 20.8. The Bertz CT molecular complexity index is 1580. The molecule has 0 aliphatic carbocycles. The van der Waals surface area contributed by atoms with Gasteiger partial charge in [0.15, 0.2) is 0 Å². The fraction of sp³-hybridized carbons (Fsp3) is 0.0345. The van der Waals surface area contributed by atoms with E-state index >= 15 is 0 Å². The molecule has 0 aliphatic rings. The maximum absolute atomic E-state index is 14.0. The number of halogens is 3. The molecule has 0 atom stereocenters. The Hall–Kier alpha value is -3.93. The van der Waals surface area contributed by atoms with Gasteiger partial charge in [-0.15, -0.1) is 0 Å². The van der Waals surface area contributed by atoms with Crippen molar-refractivity contribution in [2.45, 2.75) is 5.82 Å². The quantitative estimate of drug-likeness (QED) is 0.252. The Morgan fingerprint density at radius 3 is 1.58 bits per heavy atom. The van der Waals surface area contributed by atoms with Gasteiger partial charge in [0.2, 0.25) is 0 Å². The van der Waals surface area contributed by atoms with Crippen LogP contribution in [-0.2, 0) is 0 Å². The van der Waals surface area contributed by atoms with Crippen molar-refractivity contribution in [3.8, 4) is 39.2 Å². The number of aromatic nitrogens is 2. The number of hydrogen-bond acceptors (Lipinski definition) is 2. The molecule has 1 heterocycles. The molecule has 1 aromatic heterocycles. The molecule has 0 N–H and O–H groups in total. The van der Waals surface area contributed by atoms with E-state index in [2.05, 4.69) is 10.9 Å². The van der Waals surface area contributed by atoms with Crippen LogP contribution in [0.15, 0.2) is 102 Å². The molecule has 0 spiro atoms. The Balaban J connectivity index is 1.90. The monoisotopic (exact) mass is 548 g/mol. The molecule has 5 rings (SSSR count). The number of rotatable bonds is 5. The molecule has 0 unspecified atom stereocenters. The first kappa shape index (κ1) is 23.8. The van der Waals surface area contributed by atoms with Gasteiger partial charge in [0.05, 0.1) is 0 Å². The molecular formula is C29H19F3N2OSe. The SMILES string of the molecule is C[Se]c1ccc(-c2c(-c3ccc(F)cc3)nn(-c3ccc(F)cc3)c(=O)c2-c2ccc(F)cc2)cc1. The summed E-state index contributed by atoms with van der Waals surface area (Å²) in [6.07, 6.45) is 0. The van der Waals surface area contributed by atoms with E-state index in [0.29, 0.717) is 48.6 Å². The van der Waals surface area contributed by atoms with Crippen molar-refractivity contribution in [2.24, 2.45) is 0 Å². The number of benzene rings is 4. The predicted molar refractivity (Wildman–Crippen MR) is 137 cm³/mol. The summed E-state index contributed by atoms with van der Waals surface area (Å²) < 4.78 is 43.6. The molecule has 0 saturated carbocycles. The number of hydrogen-bond donors (Lipinski definition) is 0. The average Bonchev–Trinajstić information content (AvgIpc) is 2.90. The van der Waals surface area contributed by atoms with Crippen molar-refractivity contribution < 1.29 is 13.2 Å². The van der Waals surface area contributed by atoms with Crippen LogP contribution >= 0.6 is 0 Å². The van der Waals surface area contributed by atoms with Crippen LogP contribution in [0.3, 0.4) is 0 Å². The Morgan fingerprint density at radius 2 is 1.06 bits per heavy atom. The first-order valence-electron chi connectivity index (χ1n) is 11.0. The molecule has 7 heteroatoms. The second-order valence-electron chi connectivity index (χ2n) is 8.03. The fourth-order valence-electron chi connectivity index (χ4n) is 4.02. The maximum atomic E-state index is 14.0. The Morgan fingerprint density at radius 1 is 0.611 bits per heavy atom. The first-order chi connectivity index (χ1) is 17.4.